The van der Waals surface area contributed by atoms with Crippen LogP contribution in [0, 0.1) is 10.1 Å². The zero-order valence-corrected chi connectivity index (χ0v) is 11.8. The van der Waals surface area contributed by atoms with Crippen molar-refractivity contribution < 1.29 is 9.72 Å². The van der Waals surface area contributed by atoms with E-state index >= 15 is 0 Å². The Morgan fingerprint density at radius 1 is 1.19 bits per heavy atom. The Morgan fingerprint density at radius 3 is 2.43 bits per heavy atom. The summed E-state index contributed by atoms with van der Waals surface area (Å²) in [7, 11) is 1.56. The van der Waals surface area contributed by atoms with Gasteiger partial charge < -0.3 is 10.6 Å². The molecule has 0 fully saturated rings. The van der Waals surface area contributed by atoms with Crippen LogP contribution in [0.4, 0.5) is 17.1 Å². The molecular weight excluding hydrogens is 294 g/mol. The van der Waals surface area contributed by atoms with Crippen LogP contribution in [0.1, 0.15) is 10.4 Å². The standard InChI is InChI=1S/C14H12ClN3O3/c1-16-12-8-9(2-7-13(12)18(20)21)14(19)17-11-5-3-10(15)4-6-11/h2-8,16H,1H3,(H,17,19). The molecule has 0 spiro atoms. The van der Waals surface area contributed by atoms with E-state index in [1.165, 1.54) is 18.2 Å². The second-order valence-corrected chi connectivity index (χ2v) is 4.64. The Kier molecular flexibility index (Phi) is 4.39. The zero-order chi connectivity index (χ0) is 15.4. The van der Waals surface area contributed by atoms with Crippen LogP contribution in [-0.4, -0.2) is 17.9 Å². The number of hydrogen-bond acceptors (Lipinski definition) is 4. The summed E-state index contributed by atoms with van der Waals surface area (Å²) >= 11 is 5.77. The molecule has 0 saturated heterocycles. The van der Waals surface area contributed by atoms with Gasteiger partial charge in [0.05, 0.1) is 4.92 Å². The van der Waals surface area contributed by atoms with Gasteiger partial charge in [0.15, 0.2) is 0 Å². The smallest absolute Gasteiger partial charge is 0.292 e. The number of nitrogens with one attached hydrogen (secondary N) is 2. The van der Waals surface area contributed by atoms with Gasteiger partial charge in [-0.05, 0) is 36.4 Å². The molecule has 0 unspecified atom stereocenters. The van der Waals surface area contributed by atoms with Crippen molar-refractivity contribution in [3.63, 3.8) is 0 Å². The number of nitrogens with zero attached hydrogens (tertiary/aromatic N) is 1. The Hall–Kier alpha value is -2.60. The Balaban J connectivity index is 2.23. The molecule has 21 heavy (non-hydrogen) atoms. The van der Waals surface area contributed by atoms with Crippen molar-refractivity contribution >= 4 is 34.6 Å². The summed E-state index contributed by atoms with van der Waals surface area (Å²) < 4.78 is 0. The van der Waals surface area contributed by atoms with Gasteiger partial charge in [-0.25, -0.2) is 0 Å². The maximum atomic E-state index is 12.1. The maximum Gasteiger partial charge on any atom is 0.292 e. The lowest BCUT2D eigenvalue weighted by Crippen LogP contribution is -2.12. The summed E-state index contributed by atoms with van der Waals surface area (Å²) in [5.74, 6) is -0.358. The largest absolute Gasteiger partial charge is 0.383 e. The number of benzene rings is 2. The molecule has 2 aromatic rings. The zero-order valence-electron chi connectivity index (χ0n) is 11.1. The van der Waals surface area contributed by atoms with E-state index in [9.17, 15) is 14.9 Å². The lowest BCUT2D eigenvalue weighted by Gasteiger charge is -2.07. The van der Waals surface area contributed by atoms with Gasteiger partial charge in [-0.1, -0.05) is 11.6 Å². The van der Waals surface area contributed by atoms with Crippen LogP contribution < -0.4 is 10.6 Å². The van der Waals surface area contributed by atoms with Crippen molar-refractivity contribution in [2.24, 2.45) is 0 Å². The first-order valence-electron chi connectivity index (χ1n) is 6.04. The van der Waals surface area contributed by atoms with E-state index in [1.54, 1.807) is 31.3 Å². The first kappa shape index (κ1) is 14.8. The van der Waals surface area contributed by atoms with Crippen LogP contribution in [-0.2, 0) is 0 Å². The second-order valence-electron chi connectivity index (χ2n) is 4.20. The normalized spacial score (nSPS) is 10.0. The fraction of sp³-hybridized carbons (Fsp3) is 0.0714. The molecule has 2 N–H and O–H groups in total. The number of carbonyl (C=O) groups is 1. The molecule has 0 radical (unpaired) electrons. The monoisotopic (exact) mass is 305 g/mol. The van der Waals surface area contributed by atoms with E-state index in [1.807, 2.05) is 0 Å². The number of nitro benzene ring substituents is 1. The lowest BCUT2D eigenvalue weighted by molar-refractivity contribution is -0.383. The third-order valence-electron chi connectivity index (χ3n) is 2.83. The Labute approximate surface area is 125 Å². The number of rotatable bonds is 4. The van der Waals surface area contributed by atoms with E-state index < -0.39 is 4.92 Å². The summed E-state index contributed by atoms with van der Waals surface area (Å²) in [4.78, 5) is 22.4. The fourth-order valence-electron chi connectivity index (χ4n) is 1.77. The molecule has 0 aromatic heterocycles. The molecule has 2 rings (SSSR count). The highest BCUT2D eigenvalue weighted by Gasteiger charge is 2.15. The Morgan fingerprint density at radius 2 is 1.86 bits per heavy atom. The summed E-state index contributed by atoms with van der Waals surface area (Å²) in [5, 5.41) is 16.8. The molecule has 108 valence electrons. The topological polar surface area (TPSA) is 84.3 Å². The SMILES string of the molecule is CNc1cc(C(=O)Nc2ccc(Cl)cc2)ccc1[N+](=O)[O-]. The van der Waals surface area contributed by atoms with Gasteiger partial charge >= 0.3 is 0 Å². The molecule has 0 atom stereocenters. The fourth-order valence-corrected chi connectivity index (χ4v) is 1.90. The van der Waals surface area contributed by atoms with Crippen LogP contribution in [0.5, 0.6) is 0 Å². The summed E-state index contributed by atoms with van der Waals surface area (Å²) in [6.07, 6.45) is 0. The molecule has 0 saturated carbocycles. The van der Waals surface area contributed by atoms with E-state index in [0.717, 1.165) is 0 Å². The molecule has 1 amide bonds. The number of halogens is 1. The van der Waals surface area contributed by atoms with Crippen molar-refractivity contribution in [3.05, 3.63) is 63.2 Å². The van der Waals surface area contributed by atoms with Gasteiger partial charge in [0.2, 0.25) is 0 Å². The minimum Gasteiger partial charge on any atom is -0.383 e. The van der Waals surface area contributed by atoms with Gasteiger partial charge in [-0.15, -0.1) is 0 Å². The highest BCUT2D eigenvalue weighted by molar-refractivity contribution is 6.30. The predicted molar refractivity (Wildman–Crippen MR) is 82.0 cm³/mol. The number of nitro groups is 1. The average molecular weight is 306 g/mol. The third-order valence-corrected chi connectivity index (χ3v) is 3.08. The highest BCUT2D eigenvalue weighted by Crippen LogP contribution is 2.25. The molecule has 0 aliphatic carbocycles. The van der Waals surface area contributed by atoms with Crippen LogP contribution in [0.2, 0.25) is 5.02 Å². The molecule has 2 aromatic carbocycles. The van der Waals surface area contributed by atoms with Gasteiger partial charge in [0, 0.05) is 29.4 Å². The molecule has 0 heterocycles. The van der Waals surface area contributed by atoms with E-state index in [-0.39, 0.29) is 17.3 Å². The molecule has 6 nitrogen and oxygen atoms in total. The van der Waals surface area contributed by atoms with Crippen molar-refractivity contribution in [3.8, 4) is 0 Å². The van der Waals surface area contributed by atoms with Gasteiger partial charge in [-0.2, -0.15) is 0 Å². The predicted octanol–water partition coefficient (Wildman–Crippen LogP) is 3.54. The molecule has 0 aliphatic heterocycles. The molecular formula is C14H12ClN3O3. The maximum absolute atomic E-state index is 12.1. The minimum absolute atomic E-state index is 0.0828. The van der Waals surface area contributed by atoms with E-state index in [2.05, 4.69) is 10.6 Å². The van der Waals surface area contributed by atoms with Gasteiger partial charge in [-0.3, -0.25) is 14.9 Å². The minimum atomic E-state index is -0.507. The molecule has 0 bridgehead atoms. The first-order chi connectivity index (χ1) is 10.0. The molecule has 0 aliphatic rings. The van der Waals surface area contributed by atoms with Crippen molar-refractivity contribution in [1.29, 1.82) is 0 Å². The average Bonchev–Trinajstić information content (AvgIpc) is 2.48. The van der Waals surface area contributed by atoms with Crippen LogP contribution in [0.25, 0.3) is 0 Å². The van der Waals surface area contributed by atoms with Crippen LogP contribution >= 0.6 is 11.6 Å². The number of carbonyl (C=O) groups excluding carboxylic acids is 1. The quantitative estimate of drug-likeness (QED) is 0.668. The van der Waals surface area contributed by atoms with Crippen LogP contribution in [0.15, 0.2) is 42.5 Å². The summed E-state index contributed by atoms with van der Waals surface area (Å²) in [6, 6.07) is 10.8. The van der Waals surface area contributed by atoms with Crippen molar-refractivity contribution in [2.45, 2.75) is 0 Å². The Bertz CT molecular complexity index is 686. The van der Waals surface area contributed by atoms with Crippen LogP contribution in [0.3, 0.4) is 0 Å². The van der Waals surface area contributed by atoms with E-state index in [0.29, 0.717) is 16.3 Å². The lowest BCUT2D eigenvalue weighted by atomic mass is 10.1. The van der Waals surface area contributed by atoms with Gasteiger partial charge in [0.1, 0.15) is 5.69 Å². The van der Waals surface area contributed by atoms with Gasteiger partial charge in [0.25, 0.3) is 11.6 Å². The number of amides is 1. The van der Waals surface area contributed by atoms with Crippen molar-refractivity contribution in [1.82, 2.24) is 0 Å². The summed E-state index contributed by atoms with van der Waals surface area (Å²) in [6.45, 7) is 0. The number of hydrogen-bond donors (Lipinski definition) is 2. The summed E-state index contributed by atoms with van der Waals surface area (Å²) in [5.41, 5.74) is 1.11. The highest BCUT2D eigenvalue weighted by atomic mass is 35.5. The first-order valence-corrected chi connectivity index (χ1v) is 6.42. The third kappa shape index (κ3) is 3.49. The second kappa shape index (κ2) is 6.23. The number of anilines is 2. The van der Waals surface area contributed by atoms with Crippen molar-refractivity contribution in [2.75, 3.05) is 17.7 Å². The molecule has 7 heteroatoms. The van der Waals surface area contributed by atoms with E-state index in [4.69, 9.17) is 11.6 Å².